The molecule has 0 aromatic carbocycles. The first-order valence-electron chi connectivity index (χ1n) is 9.73. The van der Waals surface area contributed by atoms with Crippen molar-refractivity contribution in [3.8, 4) is 0 Å². The molecule has 2 aromatic rings. The molecule has 1 aliphatic carbocycles. The third-order valence-corrected chi connectivity index (χ3v) is 6.58. The summed E-state index contributed by atoms with van der Waals surface area (Å²) in [5.74, 6) is 2.35. The average molecular weight is 373 g/mol. The Labute approximate surface area is 159 Å². The lowest BCUT2D eigenvalue weighted by Crippen LogP contribution is -2.49. The van der Waals surface area contributed by atoms with Gasteiger partial charge in [-0.3, -0.25) is 9.69 Å². The van der Waals surface area contributed by atoms with Gasteiger partial charge in [-0.05, 0) is 38.2 Å². The number of piperazine rings is 1. The molecule has 0 spiro atoms. The van der Waals surface area contributed by atoms with Crippen molar-refractivity contribution < 1.29 is 4.79 Å². The van der Waals surface area contributed by atoms with Crippen LogP contribution in [0.15, 0.2) is 0 Å². The molecule has 3 heterocycles. The van der Waals surface area contributed by atoms with Gasteiger partial charge in [-0.1, -0.05) is 13.8 Å². The van der Waals surface area contributed by atoms with E-state index < -0.39 is 0 Å². The number of hydrogen-bond acceptors (Lipinski definition) is 5. The van der Waals surface area contributed by atoms with E-state index in [1.165, 1.54) is 12.8 Å². The maximum atomic E-state index is 13.1. The molecule has 26 heavy (non-hydrogen) atoms. The van der Waals surface area contributed by atoms with Crippen LogP contribution < -0.4 is 0 Å². The van der Waals surface area contributed by atoms with Gasteiger partial charge in [-0.2, -0.15) is 0 Å². The first-order chi connectivity index (χ1) is 12.4. The monoisotopic (exact) mass is 372 g/mol. The zero-order valence-corrected chi connectivity index (χ0v) is 17.0. The van der Waals surface area contributed by atoms with Crippen LogP contribution in [0.25, 0.3) is 10.2 Å². The Morgan fingerprint density at radius 3 is 2.46 bits per heavy atom. The Balaban J connectivity index is 1.56. The van der Waals surface area contributed by atoms with Crippen LogP contribution in [0.4, 0.5) is 0 Å². The summed E-state index contributed by atoms with van der Waals surface area (Å²) in [7, 11) is 0. The van der Waals surface area contributed by atoms with Crippen LogP contribution in [0.5, 0.6) is 0 Å². The highest BCUT2D eigenvalue weighted by Crippen LogP contribution is 2.40. The molecule has 0 unspecified atom stereocenters. The van der Waals surface area contributed by atoms with Crippen LogP contribution >= 0.6 is 11.3 Å². The van der Waals surface area contributed by atoms with Gasteiger partial charge in [0, 0.05) is 44.0 Å². The molecule has 140 valence electrons. The number of thiophene rings is 1. The van der Waals surface area contributed by atoms with Gasteiger partial charge in [0.1, 0.15) is 10.7 Å². The van der Waals surface area contributed by atoms with Crippen molar-refractivity contribution in [3.05, 3.63) is 22.0 Å². The SMILES string of the molecule is Cc1nc(C2CC2)nc2sc(C(=O)N3CCN(CC(C)C)CC3)c(C)c12. The molecular weight excluding hydrogens is 344 g/mol. The molecule has 1 amide bonds. The Kier molecular flexibility index (Phi) is 4.73. The summed E-state index contributed by atoms with van der Waals surface area (Å²) in [6, 6.07) is 0. The fourth-order valence-electron chi connectivity index (χ4n) is 3.88. The number of fused-ring (bicyclic) bond motifs is 1. The number of hydrogen-bond donors (Lipinski definition) is 0. The zero-order chi connectivity index (χ0) is 18.4. The minimum atomic E-state index is 0.169. The molecule has 1 aliphatic heterocycles. The van der Waals surface area contributed by atoms with Gasteiger partial charge < -0.3 is 4.90 Å². The molecule has 0 radical (unpaired) electrons. The largest absolute Gasteiger partial charge is 0.335 e. The summed E-state index contributed by atoms with van der Waals surface area (Å²) in [5, 5.41) is 1.08. The van der Waals surface area contributed by atoms with Crippen LogP contribution in [-0.4, -0.2) is 58.4 Å². The van der Waals surface area contributed by atoms with Gasteiger partial charge in [0.15, 0.2) is 0 Å². The quantitative estimate of drug-likeness (QED) is 0.823. The molecule has 0 N–H and O–H groups in total. The smallest absolute Gasteiger partial charge is 0.264 e. The predicted molar refractivity (Wildman–Crippen MR) is 106 cm³/mol. The Morgan fingerprint density at radius 1 is 1.15 bits per heavy atom. The van der Waals surface area contributed by atoms with Gasteiger partial charge in [0.2, 0.25) is 0 Å². The number of amides is 1. The van der Waals surface area contributed by atoms with Crippen molar-refractivity contribution in [3.63, 3.8) is 0 Å². The molecule has 1 saturated heterocycles. The third-order valence-electron chi connectivity index (χ3n) is 5.41. The van der Waals surface area contributed by atoms with Crippen molar-refractivity contribution in [2.45, 2.75) is 46.5 Å². The summed E-state index contributed by atoms with van der Waals surface area (Å²) >= 11 is 1.55. The fraction of sp³-hybridized carbons (Fsp3) is 0.650. The van der Waals surface area contributed by atoms with Crippen molar-refractivity contribution in [2.75, 3.05) is 32.7 Å². The van der Waals surface area contributed by atoms with Gasteiger partial charge in [0.25, 0.3) is 5.91 Å². The molecule has 1 saturated carbocycles. The van der Waals surface area contributed by atoms with E-state index in [1.54, 1.807) is 11.3 Å². The van der Waals surface area contributed by atoms with E-state index in [0.29, 0.717) is 11.8 Å². The Morgan fingerprint density at radius 2 is 1.85 bits per heavy atom. The second-order valence-corrected chi connectivity index (χ2v) is 9.16. The molecular formula is C20H28N4OS. The van der Waals surface area contributed by atoms with Crippen LogP contribution in [0.2, 0.25) is 0 Å². The van der Waals surface area contributed by atoms with E-state index in [1.807, 2.05) is 11.8 Å². The second-order valence-electron chi connectivity index (χ2n) is 8.16. The fourth-order valence-corrected chi connectivity index (χ4v) is 5.09. The van der Waals surface area contributed by atoms with E-state index in [0.717, 1.165) is 64.9 Å². The maximum absolute atomic E-state index is 13.1. The van der Waals surface area contributed by atoms with E-state index in [9.17, 15) is 4.79 Å². The highest BCUT2D eigenvalue weighted by molar-refractivity contribution is 7.20. The maximum Gasteiger partial charge on any atom is 0.264 e. The minimum Gasteiger partial charge on any atom is -0.335 e. The minimum absolute atomic E-state index is 0.169. The van der Waals surface area contributed by atoms with Gasteiger partial charge in [-0.15, -0.1) is 11.3 Å². The van der Waals surface area contributed by atoms with E-state index in [2.05, 4.69) is 25.7 Å². The van der Waals surface area contributed by atoms with Gasteiger partial charge in [0.05, 0.1) is 10.6 Å². The summed E-state index contributed by atoms with van der Waals surface area (Å²) in [5.41, 5.74) is 2.07. The lowest BCUT2D eigenvalue weighted by Gasteiger charge is -2.35. The van der Waals surface area contributed by atoms with Gasteiger partial charge >= 0.3 is 0 Å². The topological polar surface area (TPSA) is 49.3 Å². The lowest BCUT2D eigenvalue weighted by molar-refractivity contribution is 0.0628. The standard InChI is InChI=1S/C20H28N4OS/c1-12(2)11-23-7-9-24(10-8-23)20(25)17-13(3)16-14(4)21-18(15-5-6-15)22-19(16)26-17/h12,15H,5-11H2,1-4H3. The predicted octanol–water partition coefficient (Wildman–Crippen LogP) is 3.60. The summed E-state index contributed by atoms with van der Waals surface area (Å²) in [4.78, 5) is 28.9. The van der Waals surface area contributed by atoms with E-state index in [-0.39, 0.29) is 5.91 Å². The number of carbonyl (C=O) groups is 1. The normalized spacial score (nSPS) is 18.9. The van der Waals surface area contributed by atoms with Crippen LogP contribution in [0.3, 0.4) is 0 Å². The van der Waals surface area contributed by atoms with Gasteiger partial charge in [-0.25, -0.2) is 9.97 Å². The Hall–Kier alpha value is -1.53. The third kappa shape index (κ3) is 3.37. The molecule has 5 nitrogen and oxygen atoms in total. The average Bonchev–Trinajstić information content (AvgIpc) is 3.38. The molecule has 2 fully saturated rings. The molecule has 2 aliphatic rings. The highest BCUT2D eigenvalue weighted by atomic mass is 32.1. The van der Waals surface area contributed by atoms with Crippen molar-refractivity contribution in [2.24, 2.45) is 5.92 Å². The number of aryl methyl sites for hydroxylation is 2. The highest BCUT2D eigenvalue weighted by Gasteiger charge is 2.30. The molecule has 0 bridgehead atoms. The number of aromatic nitrogens is 2. The summed E-state index contributed by atoms with van der Waals surface area (Å²) < 4.78 is 0. The van der Waals surface area contributed by atoms with Crippen LogP contribution in [0, 0.1) is 19.8 Å². The second kappa shape index (κ2) is 6.89. The van der Waals surface area contributed by atoms with E-state index >= 15 is 0 Å². The molecule has 0 atom stereocenters. The number of carbonyl (C=O) groups excluding carboxylic acids is 1. The van der Waals surface area contributed by atoms with Crippen LogP contribution in [-0.2, 0) is 0 Å². The van der Waals surface area contributed by atoms with E-state index in [4.69, 9.17) is 9.97 Å². The number of nitrogens with zero attached hydrogens (tertiary/aromatic N) is 4. The van der Waals surface area contributed by atoms with Crippen molar-refractivity contribution in [1.82, 2.24) is 19.8 Å². The first kappa shape index (κ1) is 17.9. The molecule has 4 rings (SSSR count). The number of rotatable bonds is 4. The molecule has 2 aromatic heterocycles. The summed E-state index contributed by atoms with van der Waals surface area (Å²) in [6.07, 6.45) is 2.39. The molecule has 6 heteroatoms. The van der Waals surface area contributed by atoms with Crippen LogP contribution in [0.1, 0.15) is 59.4 Å². The van der Waals surface area contributed by atoms with Crippen molar-refractivity contribution >= 4 is 27.5 Å². The lowest BCUT2D eigenvalue weighted by atomic mass is 10.1. The Bertz CT molecular complexity index is 832. The summed E-state index contributed by atoms with van der Waals surface area (Å²) in [6.45, 7) is 13.3. The zero-order valence-electron chi connectivity index (χ0n) is 16.2. The first-order valence-corrected chi connectivity index (χ1v) is 10.5. The van der Waals surface area contributed by atoms with Crippen molar-refractivity contribution in [1.29, 1.82) is 0 Å².